The van der Waals surface area contributed by atoms with Crippen LogP contribution in [0, 0.1) is 0 Å². The summed E-state index contributed by atoms with van der Waals surface area (Å²) in [7, 11) is 0. The number of aromatic amines is 1. The van der Waals surface area contributed by atoms with E-state index in [2.05, 4.69) is 9.55 Å². The second kappa shape index (κ2) is 3.87. The number of aliphatic hydroxyl groups excluding tert-OH is 1. The Hall–Kier alpha value is -2.85. The van der Waals surface area contributed by atoms with E-state index in [9.17, 15) is 9.90 Å². The Morgan fingerprint density at radius 2 is 1.95 bits per heavy atom. The molecule has 2 aliphatic heterocycles. The number of H-pyrrole nitrogens is 1. The Bertz CT molecular complexity index is 1140. The molecule has 0 radical (unpaired) electrons. The smallest absolute Gasteiger partial charge is 0.257 e. The third-order valence-electron chi connectivity index (χ3n) is 4.37. The van der Waals surface area contributed by atoms with Crippen molar-refractivity contribution < 1.29 is 5.11 Å². The molecule has 0 spiro atoms. The topological polar surface area (TPSA) is 58.0 Å². The molecule has 0 atom stereocenters. The van der Waals surface area contributed by atoms with Gasteiger partial charge in [-0.2, -0.15) is 0 Å². The van der Waals surface area contributed by atoms with Crippen molar-refractivity contribution in [3.63, 3.8) is 0 Å². The fourth-order valence-corrected chi connectivity index (χ4v) is 3.24. The van der Waals surface area contributed by atoms with Crippen molar-refractivity contribution in [1.82, 2.24) is 9.55 Å². The first-order valence-corrected chi connectivity index (χ1v) is 7.19. The quantitative estimate of drug-likeness (QED) is 0.524. The number of hydrogen-bond acceptors (Lipinski definition) is 2. The van der Waals surface area contributed by atoms with Gasteiger partial charge < -0.3 is 14.7 Å². The minimum Gasteiger partial charge on any atom is -0.392 e. The molecule has 0 amide bonds. The molecule has 0 aliphatic carbocycles. The molecule has 1 aromatic heterocycles. The van der Waals surface area contributed by atoms with Gasteiger partial charge in [0.15, 0.2) is 0 Å². The summed E-state index contributed by atoms with van der Waals surface area (Å²) >= 11 is 0. The van der Waals surface area contributed by atoms with E-state index in [0.29, 0.717) is 5.56 Å². The van der Waals surface area contributed by atoms with Crippen molar-refractivity contribution in [3.05, 3.63) is 64.4 Å². The Kier molecular flexibility index (Phi) is 2.07. The Labute approximate surface area is 125 Å². The summed E-state index contributed by atoms with van der Waals surface area (Å²) in [5.74, 6) is 0. The third-order valence-corrected chi connectivity index (χ3v) is 4.37. The van der Waals surface area contributed by atoms with Crippen LogP contribution in [0.2, 0.25) is 0 Å². The number of benzene rings is 2. The van der Waals surface area contributed by atoms with E-state index in [4.69, 9.17) is 0 Å². The summed E-state index contributed by atoms with van der Waals surface area (Å²) in [5.41, 5.74) is 5.58. The van der Waals surface area contributed by atoms with Crippen LogP contribution in [0.5, 0.6) is 0 Å². The molecule has 2 aliphatic rings. The molecule has 22 heavy (non-hydrogen) atoms. The van der Waals surface area contributed by atoms with Gasteiger partial charge in [0.2, 0.25) is 0 Å². The largest absolute Gasteiger partial charge is 0.392 e. The Morgan fingerprint density at radius 3 is 2.82 bits per heavy atom. The highest BCUT2D eigenvalue weighted by Gasteiger charge is 2.35. The number of para-hydroxylation sites is 1. The minimum absolute atomic E-state index is 0.0342. The highest BCUT2D eigenvalue weighted by atomic mass is 16.3. The second-order valence-electron chi connectivity index (χ2n) is 5.64. The van der Waals surface area contributed by atoms with Crippen molar-refractivity contribution in [2.24, 2.45) is 0 Å². The molecule has 0 saturated carbocycles. The number of fused-ring (bicyclic) bond motifs is 5. The van der Waals surface area contributed by atoms with Crippen molar-refractivity contribution in [3.8, 4) is 16.9 Å². The predicted molar refractivity (Wildman–Crippen MR) is 86.3 cm³/mol. The Balaban J connectivity index is 1.76. The van der Waals surface area contributed by atoms with Gasteiger partial charge in [0.1, 0.15) is 0 Å². The molecule has 5 rings (SSSR count). The van der Waals surface area contributed by atoms with E-state index in [-0.39, 0.29) is 12.2 Å². The molecule has 4 heteroatoms. The first-order valence-electron chi connectivity index (χ1n) is 7.19. The van der Waals surface area contributed by atoms with Crippen LogP contribution in [0.15, 0.2) is 53.3 Å². The lowest BCUT2D eigenvalue weighted by molar-refractivity contribution is 0.282. The van der Waals surface area contributed by atoms with Crippen LogP contribution in [-0.4, -0.2) is 14.7 Å². The first-order chi connectivity index (χ1) is 10.8. The third kappa shape index (κ3) is 1.37. The van der Waals surface area contributed by atoms with Crippen LogP contribution < -0.4 is 5.56 Å². The number of pyridine rings is 1. The summed E-state index contributed by atoms with van der Waals surface area (Å²) < 4.78 is 2.09. The van der Waals surface area contributed by atoms with E-state index in [1.165, 1.54) is 0 Å². The average molecular weight is 288 g/mol. The molecule has 3 aromatic rings. The van der Waals surface area contributed by atoms with Crippen LogP contribution in [0.3, 0.4) is 0 Å². The normalized spacial score (nSPS) is 12.2. The monoisotopic (exact) mass is 288 g/mol. The zero-order valence-corrected chi connectivity index (χ0v) is 11.6. The van der Waals surface area contributed by atoms with Gasteiger partial charge in [0.05, 0.1) is 29.1 Å². The number of aromatic nitrogens is 2. The maximum atomic E-state index is 12.4. The number of hydrogen-bond donors (Lipinski definition) is 2. The summed E-state index contributed by atoms with van der Waals surface area (Å²) in [4.78, 5) is 15.3. The first kappa shape index (κ1) is 11.8. The molecule has 0 fully saturated rings. The standard InChI is InChI=1S/C18H12N2O2/c21-9-10-5-6-15-12(7-10)16-17(20(15)16)13-8-11-3-1-2-4-14(11)19-18(13)22/h1-8,21H,9H2,(H,19,22). The van der Waals surface area contributed by atoms with Crippen LogP contribution in [0.1, 0.15) is 5.56 Å². The predicted octanol–water partition coefficient (Wildman–Crippen LogP) is 2.94. The van der Waals surface area contributed by atoms with Gasteiger partial charge in [-0.15, -0.1) is 0 Å². The van der Waals surface area contributed by atoms with Gasteiger partial charge in [-0.3, -0.25) is 4.79 Å². The molecule has 106 valence electrons. The number of aliphatic hydroxyl groups is 1. The van der Waals surface area contributed by atoms with Crippen LogP contribution in [-0.2, 0) is 6.61 Å². The van der Waals surface area contributed by atoms with E-state index >= 15 is 0 Å². The van der Waals surface area contributed by atoms with Crippen LogP contribution >= 0.6 is 0 Å². The lowest BCUT2D eigenvalue weighted by atomic mass is 10.1. The molecular formula is C18H12N2O2. The summed E-state index contributed by atoms with van der Waals surface area (Å²) in [6, 6.07) is 15.6. The highest BCUT2D eigenvalue weighted by molar-refractivity contribution is 6.11. The second-order valence-corrected chi connectivity index (χ2v) is 5.64. The van der Waals surface area contributed by atoms with E-state index in [1.54, 1.807) is 0 Å². The highest BCUT2D eigenvalue weighted by Crippen LogP contribution is 2.50. The maximum Gasteiger partial charge on any atom is 0.257 e. The molecule has 2 N–H and O–H groups in total. The van der Waals surface area contributed by atoms with Gasteiger partial charge in [-0.1, -0.05) is 24.3 Å². The van der Waals surface area contributed by atoms with Gasteiger partial charge >= 0.3 is 0 Å². The van der Waals surface area contributed by atoms with Gasteiger partial charge in [-0.25, -0.2) is 0 Å². The van der Waals surface area contributed by atoms with Crippen molar-refractivity contribution in [2.75, 3.05) is 0 Å². The maximum absolute atomic E-state index is 12.4. The molecule has 2 aromatic carbocycles. The van der Waals surface area contributed by atoms with Crippen molar-refractivity contribution in [2.45, 2.75) is 6.61 Å². The Morgan fingerprint density at radius 1 is 1.09 bits per heavy atom. The number of nitrogens with zero attached hydrogens (tertiary/aromatic N) is 1. The lowest BCUT2D eigenvalue weighted by Gasteiger charge is -2.05. The van der Waals surface area contributed by atoms with Gasteiger partial charge in [0.25, 0.3) is 5.56 Å². The summed E-state index contributed by atoms with van der Waals surface area (Å²) in [6.07, 6.45) is 0. The lowest BCUT2D eigenvalue weighted by Crippen LogP contribution is -2.07. The minimum atomic E-state index is -0.0658. The molecular weight excluding hydrogens is 276 g/mol. The average Bonchev–Trinajstić information content (AvgIpc) is 3.20. The SMILES string of the molecule is O=c1[nH]c2ccccc2cc1-c1c2c3cc(CO)ccc3n1-2. The van der Waals surface area contributed by atoms with Gasteiger partial charge in [-0.05, 0) is 35.2 Å². The van der Waals surface area contributed by atoms with Crippen molar-refractivity contribution >= 4 is 21.8 Å². The fraction of sp³-hybridized carbons (Fsp3) is 0.0556. The number of rotatable bonds is 2. The van der Waals surface area contributed by atoms with E-state index in [0.717, 1.165) is 38.8 Å². The van der Waals surface area contributed by atoms with Crippen LogP contribution in [0.25, 0.3) is 38.8 Å². The number of nitrogens with one attached hydrogen (secondary N) is 1. The molecule has 0 unspecified atom stereocenters. The summed E-state index contributed by atoms with van der Waals surface area (Å²) in [6.45, 7) is 0.0342. The van der Waals surface area contributed by atoms with E-state index < -0.39 is 0 Å². The zero-order valence-electron chi connectivity index (χ0n) is 11.6. The van der Waals surface area contributed by atoms with E-state index in [1.807, 2.05) is 48.5 Å². The van der Waals surface area contributed by atoms with Crippen molar-refractivity contribution in [1.29, 1.82) is 0 Å². The molecule has 4 nitrogen and oxygen atoms in total. The van der Waals surface area contributed by atoms with Crippen LogP contribution in [0.4, 0.5) is 0 Å². The molecule has 3 heterocycles. The fourth-order valence-electron chi connectivity index (χ4n) is 3.24. The summed E-state index contributed by atoms with van der Waals surface area (Å²) in [5, 5.41) is 11.4. The molecule has 0 bridgehead atoms. The molecule has 0 saturated heterocycles. The van der Waals surface area contributed by atoms with Gasteiger partial charge in [0, 0.05) is 10.9 Å². The zero-order chi connectivity index (χ0) is 14.8.